The molecule has 0 aromatic carbocycles. The van der Waals surface area contributed by atoms with Gasteiger partial charge in [0.2, 0.25) is 0 Å². The number of aromatic nitrogens is 2. The minimum Gasteiger partial charge on any atom is -0.298 e. The highest BCUT2D eigenvalue weighted by atomic mass is 16.1. The standard InChI is InChI=1S/C11H16N2O/c1-2-3-6-13-11(9-4-5-9)10(8-14)7-12-13/h7-9H,2-6H2,1H3. The van der Waals surface area contributed by atoms with Gasteiger partial charge in [-0.25, -0.2) is 0 Å². The van der Waals surface area contributed by atoms with Gasteiger partial charge in [-0.3, -0.25) is 9.48 Å². The fourth-order valence-electron chi connectivity index (χ4n) is 1.79. The molecule has 0 radical (unpaired) electrons. The van der Waals surface area contributed by atoms with E-state index in [1.165, 1.54) is 25.0 Å². The number of carbonyl (C=O) groups excluding carboxylic acids is 1. The van der Waals surface area contributed by atoms with Crippen LogP contribution in [0, 0.1) is 0 Å². The Morgan fingerprint density at radius 2 is 2.43 bits per heavy atom. The first-order chi connectivity index (χ1) is 6.86. The van der Waals surface area contributed by atoms with E-state index in [-0.39, 0.29) is 0 Å². The maximum atomic E-state index is 10.8. The molecule has 0 bridgehead atoms. The van der Waals surface area contributed by atoms with E-state index < -0.39 is 0 Å². The van der Waals surface area contributed by atoms with Crippen LogP contribution in [0.3, 0.4) is 0 Å². The lowest BCUT2D eigenvalue weighted by molar-refractivity contribution is 0.112. The lowest BCUT2D eigenvalue weighted by Gasteiger charge is -2.05. The van der Waals surface area contributed by atoms with Gasteiger partial charge in [-0.1, -0.05) is 13.3 Å². The van der Waals surface area contributed by atoms with E-state index in [9.17, 15) is 4.79 Å². The van der Waals surface area contributed by atoms with Crippen molar-refractivity contribution in [2.24, 2.45) is 0 Å². The summed E-state index contributed by atoms with van der Waals surface area (Å²) < 4.78 is 2.02. The number of hydrogen-bond donors (Lipinski definition) is 0. The number of aryl methyl sites for hydroxylation is 1. The van der Waals surface area contributed by atoms with Gasteiger partial charge in [0.05, 0.1) is 17.5 Å². The van der Waals surface area contributed by atoms with Crippen molar-refractivity contribution in [3.8, 4) is 0 Å². The molecular formula is C11H16N2O. The van der Waals surface area contributed by atoms with Crippen molar-refractivity contribution in [2.45, 2.75) is 45.1 Å². The number of aldehydes is 1. The van der Waals surface area contributed by atoms with Crippen molar-refractivity contribution in [3.63, 3.8) is 0 Å². The van der Waals surface area contributed by atoms with Gasteiger partial charge in [0.1, 0.15) is 0 Å². The summed E-state index contributed by atoms with van der Waals surface area (Å²) in [5, 5.41) is 4.27. The Hall–Kier alpha value is -1.12. The highest BCUT2D eigenvalue weighted by molar-refractivity contribution is 5.76. The molecule has 0 N–H and O–H groups in total. The number of nitrogens with zero attached hydrogens (tertiary/aromatic N) is 2. The highest BCUT2D eigenvalue weighted by Gasteiger charge is 2.29. The zero-order valence-corrected chi connectivity index (χ0v) is 8.57. The van der Waals surface area contributed by atoms with Gasteiger partial charge in [0.15, 0.2) is 6.29 Å². The molecule has 0 unspecified atom stereocenters. The second-order valence-corrected chi connectivity index (χ2v) is 3.95. The van der Waals surface area contributed by atoms with Gasteiger partial charge in [-0.15, -0.1) is 0 Å². The van der Waals surface area contributed by atoms with Gasteiger partial charge in [0, 0.05) is 12.5 Å². The monoisotopic (exact) mass is 192 g/mol. The number of carbonyl (C=O) groups is 1. The van der Waals surface area contributed by atoms with Crippen LogP contribution in [0.5, 0.6) is 0 Å². The van der Waals surface area contributed by atoms with Gasteiger partial charge in [0.25, 0.3) is 0 Å². The molecule has 0 spiro atoms. The van der Waals surface area contributed by atoms with Gasteiger partial charge < -0.3 is 0 Å². The summed E-state index contributed by atoms with van der Waals surface area (Å²) in [5.41, 5.74) is 1.97. The topological polar surface area (TPSA) is 34.9 Å². The van der Waals surface area contributed by atoms with Crippen LogP contribution in [-0.4, -0.2) is 16.1 Å². The number of hydrogen-bond acceptors (Lipinski definition) is 2. The molecule has 3 heteroatoms. The van der Waals surface area contributed by atoms with E-state index in [0.717, 1.165) is 24.8 Å². The summed E-state index contributed by atoms with van der Waals surface area (Å²) in [6, 6.07) is 0. The average molecular weight is 192 g/mol. The van der Waals surface area contributed by atoms with Gasteiger partial charge in [-0.05, 0) is 19.3 Å². The van der Waals surface area contributed by atoms with Gasteiger partial charge in [-0.2, -0.15) is 5.10 Å². The van der Waals surface area contributed by atoms with E-state index >= 15 is 0 Å². The van der Waals surface area contributed by atoms with E-state index in [4.69, 9.17) is 0 Å². The van der Waals surface area contributed by atoms with Crippen molar-refractivity contribution < 1.29 is 4.79 Å². The zero-order valence-electron chi connectivity index (χ0n) is 8.57. The van der Waals surface area contributed by atoms with Crippen LogP contribution in [0.25, 0.3) is 0 Å². The van der Waals surface area contributed by atoms with Gasteiger partial charge >= 0.3 is 0 Å². The van der Waals surface area contributed by atoms with Crippen LogP contribution in [-0.2, 0) is 6.54 Å². The van der Waals surface area contributed by atoms with Crippen molar-refractivity contribution in [1.29, 1.82) is 0 Å². The second kappa shape index (κ2) is 3.95. The van der Waals surface area contributed by atoms with Crippen LogP contribution in [0.15, 0.2) is 6.20 Å². The normalized spacial score (nSPS) is 15.8. The predicted octanol–water partition coefficient (Wildman–Crippen LogP) is 2.37. The summed E-state index contributed by atoms with van der Waals surface area (Å²) in [4.78, 5) is 10.8. The van der Waals surface area contributed by atoms with Crippen LogP contribution in [0.2, 0.25) is 0 Å². The Labute approximate surface area is 84.1 Å². The van der Waals surface area contributed by atoms with E-state index in [2.05, 4.69) is 12.0 Å². The Bertz CT molecular complexity index is 326. The van der Waals surface area contributed by atoms with E-state index in [1.54, 1.807) is 6.20 Å². The first-order valence-corrected chi connectivity index (χ1v) is 5.37. The molecule has 76 valence electrons. The largest absolute Gasteiger partial charge is 0.298 e. The molecule has 3 nitrogen and oxygen atoms in total. The Kier molecular flexibility index (Phi) is 2.66. The first-order valence-electron chi connectivity index (χ1n) is 5.37. The summed E-state index contributed by atoms with van der Waals surface area (Å²) in [7, 11) is 0. The quantitative estimate of drug-likeness (QED) is 0.671. The van der Waals surface area contributed by atoms with E-state index in [0.29, 0.717) is 5.92 Å². The number of unbranched alkanes of at least 4 members (excludes halogenated alkanes) is 1. The molecule has 0 atom stereocenters. The van der Waals surface area contributed by atoms with E-state index in [1.807, 2.05) is 4.68 Å². The molecule has 14 heavy (non-hydrogen) atoms. The van der Waals surface area contributed by atoms with Crippen LogP contribution >= 0.6 is 0 Å². The molecule has 1 heterocycles. The van der Waals surface area contributed by atoms with Crippen LogP contribution in [0.1, 0.15) is 54.6 Å². The Morgan fingerprint density at radius 3 is 3.00 bits per heavy atom. The SMILES string of the molecule is CCCCn1ncc(C=O)c1C1CC1. The molecule has 1 saturated carbocycles. The smallest absolute Gasteiger partial charge is 0.153 e. The van der Waals surface area contributed by atoms with Crippen molar-refractivity contribution in [2.75, 3.05) is 0 Å². The lowest BCUT2D eigenvalue weighted by Crippen LogP contribution is -2.05. The maximum absolute atomic E-state index is 10.8. The Balaban J connectivity index is 2.20. The van der Waals surface area contributed by atoms with Crippen LogP contribution < -0.4 is 0 Å². The molecule has 1 aromatic heterocycles. The molecule has 1 aromatic rings. The minimum atomic E-state index is 0.606. The molecule has 1 aliphatic carbocycles. The molecular weight excluding hydrogens is 176 g/mol. The second-order valence-electron chi connectivity index (χ2n) is 3.95. The fraction of sp³-hybridized carbons (Fsp3) is 0.636. The molecule has 0 aliphatic heterocycles. The molecule has 0 saturated heterocycles. The molecule has 1 aliphatic rings. The average Bonchev–Trinajstić information content (AvgIpc) is 2.96. The Morgan fingerprint density at radius 1 is 1.64 bits per heavy atom. The highest BCUT2D eigenvalue weighted by Crippen LogP contribution is 2.41. The molecule has 0 amide bonds. The summed E-state index contributed by atoms with van der Waals surface area (Å²) >= 11 is 0. The maximum Gasteiger partial charge on any atom is 0.153 e. The van der Waals surface area contributed by atoms with Crippen molar-refractivity contribution in [1.82, 2.24) is 9.78 Å². The lowest BCUT2D eigenvalue weighted by atomic mass is 10.2. The first kappa shape index (κ1) is 9.44. The van der Waals surface area contributed by atoms with Crippen molar-refractivity contribution >= 4 is 6.29 Å². The predicted molar refractivity (Wildman–Crippen MR) is 54.5 cm³/mol. The molecule has 1 fully saturated rings. The third kappa shape index (κ3) is 1.72. The third-order valence-corrected chi connectivity index (χ3v) is 2.72. The summed E-state index contributed by atoms with van der Waals surface area (Å²) in [6.07, 6.45) is 7.39. The number of rotatable bonds is 5. The fourth-order valence-corrected chi connectivity index (χ4v) is 1.79. The summed E-state index contributed by atoms with van der Waals surface area (Å²) in [6.45, 7) is 3.12. The minimum absolute atomic E-state index is 0.606. The summed E-state index contributed by atoms with van der Waals surface area (Å²) in [5.74, 6) is 0.606. The van der Waals surface area contributed by atoms with Crippen LogP contribution in [0.4, 0.5) is 0 Å². The zero-order chi connectivity index (χ0) is 9.97. The molecule has 2 rings (SSSR count). The third-order valence-electron chi connectivity index (χ3n) is 2.72. The van der Waals surface area contributed by atoms with Crippen molar-refractivity contribution in [3.05, 3.63) is 17.5 Å².